The van der Waals surface area contributed by atoms with Crippen LogP contribution >= 0.6 is 0 Å². The highest BCUT2D eigenvalue weighted by Crippen LogP contribution is 2.48. The number of rotatable bonds is 9. The number of aliphatic imine (C=N–C) groups is 1. The molecule has 1 fully saturated rings. The van der Waals surface area contributed by atoms with Crippen molar-refractivity contribution >= 4 is 23.5 Å². The molecule has 0 spiro atoms. The number of likely N-dealkylation sites (tertiary alicyclic amines) is 1. The first-order chi connectivity index (χ1) is 19.9. The number of hydrogen-bond donors (Lipinski definition) is 0. The van der Waals surface area contributed by atoms with Crippen LogP contribution in [0.4, 0.5) is 5.69 Å². The van der Waals surface area contributed by atoms with Gasteiger partial charge in [0.1, 0.15) is 5.60 Å². The largest absolute Gasteiger partial charge is 0.457 e. The average Bonchev–Trinajstić information content (AvgIpc) is 3.57. The molecular weight excluding hydrogens is 522 g/mol. The molecule has 226 valence electrons. The van der Waals surface area contributed by atoms with Crippen LogP contribution < -0.4 is 4.90 Å². The molecule has 2 aliphatic heterocycles. The summed E-state index contributed by atoms with van der Waals surface area (Å²) in [6, 6.07) is 16.3. The van der Waals surface area contributed by atoms with Crippen molar-refractivity contribution in [1.29, 1.82) is 0 Å². The van der Waals surface area contributed by atoms with Crippen LogP contribution in [-0.2, 0) is 19.9 Å². The van der Waals surface area contributed by atoms with E-state index in [9.17, 15) is 4.79 Å². The zero-order valence-corrected chi connectivity index (χ0v) is 26.8. The number of guanidine groups is 1. The molecule has 0 unspecified atom stereocenters. The maximum atomic E-state index is 15.4. The van der Waals surface area contributed by atoms with Gasteiger partial charge in [0.15, 0.2) is 5.54 Å². The van der Waals surface area contributed by atoms with Gasteiger partial charge in [-0.3, -0.25) is 4.79 Å². The molecule has 2 atom stereocenters. The van der Waals surface area contributed by atoms with Crippen molar-refractivity contribution in [3.8, 4) is 0 Å². The van der Waals surface area contributed by atoms with Crippen molar-refractivity contribution in [2.24, 2.45) is 10.9 Å². The van der Waals surface area contributed by atoms with Crippen LogP contribution in [0.2, 0.25) is 0 Å². The summed E-state index contributed by atoms with van der Waals surface area (Å²) in [6.07, 6.45) is 7.03. The molecule has 0 aromatic heterocycles. The van der Waals surface area contributed by atoms with Crippen LogP contribution in [0.5, 0.6) is 0 Å². The minimum Gasteiger partial charge on any atom is -0.457 e. The molecule has 0 aliphatic carbocycles. The van der Waals surface area contributed by atoms with Crippen molar-refractivity contribution < 1.29 is 14.3 Å². The van der Waals surface area contributed by atoms with E-state index in [1.807, 2.05) is 62.1 Å². The molecule has 4 rings (SSSR count). The van der Waals surface area contributed by atoms with Gasteiger partial charge in [-0.05, 0) is 68.6 Å². The second-order valence-electron chi connectivity index (χ2n) is 13.3. The quantitative estimate of drug-likeness (QED) is 0.226. The Balaban J connectivity index is 1.99. The van der Waals surface area contributed by atoms with Gasteiger partial charge in [0.05, 0.1) is 5.69 Å². The number of esters is 1. The van der Waals surface area contributed by atoms with E-state index < -0.39 is 17.1 Å². The summed E-state index contributed by atoms with van der Waals surface area (Å²) in [5.74, 6) is 0.348. The maximum Gasteiger partial charge on any atom is 0.330 e. The van der Waals surface area contributed by atoms with E-state index in [1.54, 1.807) is 0 Å². The summed E-state index contributed by atoms with van der Waals surface area (Å²) in [5.41, 5.74) is 2.26. The number of benzene rings is 2. The summed E-state index contributed by atoms with van der Waals surface area (Å²) in [5, 5.41) is 0. The third-order valence-electron chi connectivity index (χ3n) is 8.18. The molecule has 1 amide bonds. The van der Waals surface area contributed by atoms with Crippen LogP contribution in [-0.4, -0.2) is 41.4 Å². The van der Waals surface area contributed by atoms with Crippen molar-refractivity contribution in [2.75, 3.05) is 18.0 Å². The van der Waals surface area contributed by atoms with Crippen molar-refractivity contribution in [1.82, 2.24) is 4.90 Å². The third kappa shape index (κ3) is 6.33. The lowest BCUT2D eigenvalue weighted by molar-refractivity contribution is -0.148. The summed E-state index contributed by atoms with van der Waals surface area (Å²) in [4.78, 5) is 37.9. The smallest absolute Gasteiger partial charge is 0.330 e. The van der Waals surface area contributed by atoms with Crippen LogP contribution in [0, 0.1) is 5.92 Å². The van der Waals surface area contributed by atoms with Crippen LogP contribution in [0.15, 0.2) is 65.7 Å². The molecule has 0 saturated carbocycles. The minimum absolute atomic E-state index is 0.0575. The van der Waals surface area contributed by atoms with Crippen LogP contribution in [0.3, 0.4) is 0 Å². The normalized spacial score (nSPS) is 20.2. The Hall–Kier alpha value is -3.41. The molecule has 42 heavy (non-hydrogen) atoms. The molecule has 6 heteroatoms. The standard InChI is InChI=1S/C36H49N3O3/c1-9-16-27(21-22-31(40)42-35(6,7)8)36(28-17-11-10-12-18-28)33(41)39(34(37-36)38-23-13-14-24-38)32-29(25(2)3)19-15-20-30(32)26(4)5/h10-12,15,17-22,25-27H,9,13-14,16,23-24H2,1-8H3/b22-21+/t27-,36-/m0/s1. The molecule has 2 aliphatic rings. The van der Waals surface area contributed by atoms with Gasteiger partial charge in [-0.2, -0.15) is 0 Å². The predicted molar refractivity (Wildman–Crippen MR) is 172 cm³/mol. The number of hydrogen-bond acceptors (Lipinski definition) is 5. The third-order valence-corrected chi connectivity index (χ3v) is 8.18. The SMILES string of the molecule is CCC[C@@H](/C=C/C(=O)OC(C)(C)C)[C@@]1(c2ccccc2)N=C(N2CCCC2)N(c2c(C(C)C)cccc2C(C)C)C1=O. The number of anilines is 1. The number of nitrogens with zero attached hydrogens (tertiary/aromatic N) is 3. The van der Waals surface area contributed by atoms with Gasteiger partial charge in [-0.15, -0.1) is 0 Å². The molecule has 0 radical (unpaired) electrons. The van der Waals surface area contributed by atoms with Crippen molar-refractivity contribution in [3.63, 3.8) is 0 Å². The Morgan fingerprint density at radius 3 is 2.10 bits per heavy atom. The minimum atomic E-state index is -1.22. The summed E-state index contributed by atoms with van der Waals surface area (Å²) in [7, 11) is 0. The van der Waals surface area contributed by atoms with Gasteiger partial charge in [0.2, 0.25) is 5.96 Å². The lowest BCUT2D eigenvalue weighted by Gasteiger charge is -2.35. The second kappa shape index (κ2) is 12.8. The Morgan fingerprint density at radius 1 is 0.976 bits per heavy atom. The second-order valence-corrected chi connectivity index (χ2v) is 13.3. The van der Waals surface area contributed by atoms with E-state index in [0.29, 0.717) is 6.42 Å². The Morgan fingerprint density at radius 2 is 1.57 bits per heavy atom. The Kier molecular flexibility index (Phi) is 9.64. The summed E-state index contributed by atoms with van der Waals surface area (Å²) in [6.45, 7) is 18.1. The van der Waals surface area contributed by atoms with Gasteiger partial charge < -0.3 is 9.64 Å². The molecule has 0 N–H and O–H groups in total. The predicted octanol–water partition coefficient (Wildman–Crippen LogP) is 7.94. The lowest BCUT2D eigenvalue weighted by Crippen LogP contribution is -2.48. The number of amides is 1. The molecular formula is C36H49N3O3. The number of carbonyl (C=O) groups excluding carboxylic acids is 2. The van der Waals surface area contributed by atoms with Gasteiger partial charge in [-0.1, -0.05) is 95.6 Å². The highest BCUT2D eigenvalue weighted by atomic mass is 16.6. The Bertz CT molecular complexity index is 1290. The van der Waals surface area contributed by atoms with Gasteiger partial charge in [0.25, 0.3) is 5.91 Å². The number of para-hydroxylation sites is 1. The molecule has 2 aromatic carbocycles. The van der Waals surface area contributed by atoms with E-state index in [1.165, 1.54) is 6.08 Å². The Labute approximate surface area is 252 Å². The first-order valence-electron chi connectivity index (χ1n) is 15.7. The fourth-order valence-electron chi connectivity index (χ4n) is 6.24. The summed E-state index contributed by atoms with van der Waals surface area (Å²) >= 11 is 0. The zero-order chi connectivity index (χ0) is 30.7. The van der Waals surface area contributed by atoms with E-state index in [0.717, 1.165) is 60.7 Å². The fraction of sp³-hybridized carbons (Fsp3) is 0.528. The first-order valence-corrected chi connectivity index (χ1v) is 15.7. The average molecular weight is 572 g/mol. The fourth-order valence-corrected chi connectivity index (χ4v) is 6.24. The molecule has 2 aromatic rings. The monoisotopic (exact) mass is 571 g/mol. The highest BCUT2D eigenvalue weighted by molar-refractivity contribution is 6.24. The molecule has 0 bridgehead atoms. The van der Waals surface area contributed by atoms with E-state index in [4.69, 9.17) is 9.73 Å². The highest BCUT2D eigenvalue weighted by Gasteiger charge is 2.56. The van der Waals surface area contributed by atoms with Crippen molar-refractivity contribution in [2.45, 2.75) is 104 Å². The summed E-state index contributed by atoms with van der Waals surface area (Å²) < 4.78 is 5.61. The lowest BCUT2D eigenvalue weighted by atomic mass is 9.75. The first kappa shape index (κ1) is 31.5. The maximum absolute atomic E-state index is 15.4. The van der Waals surface area contributed by atoms with Crippen LogP contribution in [0.25, 0.3) is 0 Å². The van der Waals surface area contributed by atoms with Gasteiger partial charge >= 0.3 is 5.97 Å². The molecule has 6 nitrogen and oxygen atoms in total. The van der Waals surface area contributed by atoms with Crippen LogP contribution in [0.1, 0.15) is 110 Å². The zero-order valence-electron chi connectivity index (χ0n) is 26.8. The van der Waals surface area contributed by atoms with Gasteiger partial charge in [0, 0.05) is 25.1 Å². The van der Waals surface area contributed by atoms with E-state index >= 15 is 4.79 Å². The van der Waals surface area contributed by atoms with Crippen molar-refractivity contribution in [3.05, 3.63) is 77.4 Å². The van der Waals surface area contributed by atoms with E-state index in [-0.39, 0.29) is 23.7 Å². The van der Waals surface area contributed by atoms with E-state index in [2.05, 4.69) is 57.7 Å². The molecule has 2 heterocycles. The number of ether oxygens (including phenoxy) is 1. The topological polar surface area (TPSA) is 62.2 Å². The number of carbonyl (C=O) groups is 2. The van der Waals surface area contributed by atoms with Gasteiger partial charge in [-0.25, -0.2) is 14.7 Å². The molecule has 1 saturated heterocycles.